The summed E-state index contributed by atoms with van der Waals surface area (Å²) in [6, 6.07) is 8.38. The molecule has 2 rings (SSSR count). The van der Waals surface area contributed by atoms with Gasteiger partial charge in [-0.3, -0.25) is 4.90 Å². The van der Waals surface area contributed by atoms with Crippen molar-refractivity contribution in [3.8, 4) is 5.75 Å². The van der Waals surface area contributed by atoms with Crippen molar-refractivity contribution in [2.75, 3.05) is 32.8 Å². The summed E-state index contributed by atoms with van der Waals surface area (Å²) >= 11 is 0. The predicted octanol–water partition coefficient (Wildman–Crippen LogP) is 2.91. The van der Waals surface area contributed by atoms with Gasteiger partial charge in [0.25, 0.3) is 0 Å². The Kier molecular flexibility index (Phi) is 5.23. The lowest BCUT2D eigenvalue weighted by Gasteiger charge is -2.31. The Morgan fingerprint density at radius 3 is 2.68 bits per heavy atom. The molecule has 0 amide bonds. The van der Waals surface area contributed by atoms with Crippen LogP contribution in [0.15, 0.2) is 24.3 Å². The van der Waals surface area contributed by atoms with Gasteiger partial charge in [-0.2, -0.15) is 0 Å². The number of rotatable bonds is 5. The Balaban J connectivity index is 1.81. The molecule has 0 N–H and O–H groups in total. The molecule has 1 saturated heterocycles. The molecule has 0 aliphatic carbocycles. The van der Waals surface area contributed by atoms with E-state index in [9.17, 15) is 0 Å². The molecule has 19 heavy (non-hydrogen) atoms. The summed E-state index contributed by atoms with van der Waals surface area (Å²) in [5.74, 6) is 1.50. The van der Waals surface area contributed by atoms with Crippen LogP contribution in [-0.4, -0.2) is 43.9 Å². The second-order valence-electron chi connectivity index (χ2n) is 5.42. The van der Waals surface area contributed by atoms with Gasteiger partial charge in [0.05, 0.1) is 6.61 Å². The highest BCUT2D eigenvalue weighted by Crippen LogP contribution is 2.19. The molecule has 1 aromatic carbocycles. The van der Waals surface area contributed by atoms with E-state index in [1.54, 1.807) is 0 Å². The number of morpholine rings is 1. The largest absolute Gasteiger partial charge is 0.491 e. The van der Waals surface area contributed by atoms with Gasteiger partial charge in [0.15, 0.2) is 0 Å². The second kappa shape index (κ2) is 6.92. The molecule has 0 saturated carbocycles. The lowest BCUT2D eigenvalue weighted by molar-refractivity contribution is -0.0464. The van der Waals surface area contributed by atoms with Gasteiger partial charge in [-0.25, -0.2) is 0 Å². The van der Waals surface area contributed by atoms with Gasteiger partial charge in [-0.15, -0.1) is 0 Å². The van der Waals surface area contributed by atoms with Crippen LogP contribution in [0.3, 0.4) is 0 Å². The zero-order chi connectivity index (χ0) is 13.7. The van der Waals surface area contributed by atoms with E-state index in [0.29, 0.717) is 12.5 Å². The molecule has 1 unspecified atom stereocenters. The van der Waals surface area contributed by atoms with Gasteiger partial charge in [0.1, 0.15) is 18.5 Å². The van der Waals surface area contributed by atoms with Gasteiger partial charge in [-0.05, 0) is 30.2 Å². The fourth-order valence-electron chi connectivity index (χ4n) is 2.31. The smallest absolute Gasteiger partial charge is 0.119 e. The van der Waals surface area contributed by atoms with Crippen molar-refractivity contribution in [2.45, 2.75) is 32.8 Å². The third-order valence-corrected chi connectivity index (χ3v) is 3.65. The molecular formula is C16H25NO2. The van der Waals surface area contributed by atoms with E-state index in [1.165, 1.54) is 5.56 Å². The maximum Gasteiger partial charge on any atom is 0.119 e. The third kappa shape index (κ3) is 4.22. The normalized spacial score (nSPS) is 20.7. The van der Waals surface area contributed by atoms with Crippen molar-refractivity contribution < 1.29 is 9.47 Å². The minimum absolute atomic E-state index is 0.193. The molecule has 1 atom stereocenters. The number of likely N-dealkylation sites (N-methyl/N-ethyl adjacent to an activating group) is 1. The van der Waals surface area contributed by atoms with Crippen molar-refractivity contribution in [3.63, 3.8) is 0 Å². The molecule has 3 heteroatoms. The topological polar surface area (TPSA) is 21.7 Å². The molecule has 0 radical (unpaired) electrons. The minimum atomic E-state index is 0.193. The van der Waals surface area contributed by atoms with Crippen LogP contribution < -0.4 is 4.74 Å². The van der Waals surface area contributed by atoms with Crippen LogP contribution in [0.2, 0.25) is 0 Å². The van der Waals surface area contributed by atoms with Crippen molar-refractivity contribution in [1.29, 1.82) is 0 Å². The lowest BCUT2D eigenvalue weighted by Crippen LogP contribution is -2.44. The maximum atomic E-state index is 5.82. The van der Waals surface area contributed by atoms with E-state index < -0.39 is 0 Å². The number of hydrogen-bond donors (Lipinski definition) is 0. The number of ether oxygens (including phenoxy) is 2. The summed E-state index contributed by atoms with van der Waals surface area (Å²) in [5, 5.41) is 0. The zero-order valence-corrected chi connectivity index (χ0v) is 12.3. The van der Waals surface area contributed by atoms with Gasteiger partial charge >= 0.3 is 0 Å². The van der Waals surface area contributed by atoms with E-state index in [1.807, 2.05) is 0 Å². The van der Waals surface area contributed by atoms with Crippen LogP contribution in [0.1, 0.15) is 32.3 Å². The van der Waals surface area contributed by atoms with Gasteiger partial charge in [-0.1, -0.05) is 32.9 Å². The molecule has 1 aromatic rings. The summed E-state index contributed by atoms with van der Waals surface area (Å²) in [5.41, 5.74) is 1.35. The molecular weight excluding hydrogens is 238 g/mol. The van der Waals surface area contributed by atoms with Crippen LogP contribution in [-0.2, 0) is 4.74 Å². The molecule has 0 spiro atoms. The number of hydrogen-bond acceptors (Lipinski definition) is 3. The Morgan fingerprint density at radius 2 is 2.05 bits per heavy atom. The average molecular weight is 263 g/mol. The maximum absolute atomic E-state index is 5.82. The number of benzene rings is 1. The molecule has 1 aliphatic rings. The quantitative estimate of drug-likeness (QED) is 0.815. The molecule has 1 heterocycles. The van der Waals surface area contributed by atoms with Crippen molar-refractivity contribution in [1.82, 2.24) is 4.90 Å². The predicted molar refractivity (Wildman–Crippen MR) is 77.9 cm³/mol. The fraction of sp³-hybridized carbons (Fsp3) is 0.625. The Labute approximate surface area is 116 Å². The monoisotopic (exact) mass is 263 g/mol. The Hall–Kier alpha value is -1.06. The van der Waals surface area contributed by atoms with Gasteiger partial charge in [0, 0.05) is 13.1 Å². The van der Waals surface area contributed by atoms with E-state index in [4.69, 9.17) is 9.47 Å². The zero-order valence-electron chi connectivity index (χ0n) is 12.3. The first-order valence-corrected chi connectivity index (χ1v) is 7.25. The molecule has 3 nitrogen and oxygen atoms in total. The summed E-state index contributed by atoms with van der Waals surface area (Å²) in [6.07, 6.45) is 0.193. The average Bonchev–Trinajstić information content (AvgIpc) is 2.46. The summed E-state index contributed by atoms with van der Waals surface area (Å²) < 4.78 is 11.5. The molecule has 1 fully saturated rings. The molecule has 1 aliphatic heterocycles. The summed E-state index contributed by atoms with van der Waals surface area (Å²) in [7, 11) is 0. The van der Waals surface area contributed by atoms with Crippen molar-refractivity contribution in [2.24, 2.45) is 0 Å². The standard InChI is InChI=1S/C16H25NO2/c1-4-17-9-10-18-16(11-17)12-19-15-7-5-14(6-8-15)13(2)3/h5-8,13,16H,4,9-12H2,1-3H3. The molecule has 0 aromatic heterocycles. The fourth-order valence-corrected chi connectivity index (χ4v) is 2.31. The Morgan fingerprint density at radius 1 is 1.32 bits per heavy atom. The van der Waals surface area contributed by atoms with Crippen molar-refractivity contribution >= 4 is 0 Å². The summed E-state index contributed by atoms with van der Waals surface area (Å²) in [6.45, 7) is 11.1. The highest BCUT2D eigenvalue weighted by molar-refractivity contribution is 5.28. The highest BCUT2D eigenvalue weighted by atomic mass is 16.5. The lowest BCUT2D eigenvalue weighted by atomic mass is 10.0. The van der Waals surface area contributed by atoms with Crippen LogP contribution in [0.4, 0.5) is 0 Å². The SMILES string of the molecule is CCN1CCOC(COc2ccc(C(C)C)cc2)C1. The highest BCUT2D eigenvalue weighted by Gasteiger charge is 2.19. The molecule has 106 valence electrons. The van der Waals surface area contributed by atoms with Gasteiger partial charge in [0.2, 0.25) is 0 Å². The van der Waals surface area contributed by atoms with Crippen LogP contribution in [0, 0.1) is 0 Å². The molecule has 0 bridgehead atoms. The van der Waals surface area contributed by atoms with E-state index in [0.717, 1.165) is 32.0 Å². The Bertz CT molecular complexity index is 375. The van der Waals surface area contributed by atoms with Gasteiger partial charge < -0.3 is 9.47 Å². The van der Waals surface area contributed by atoms with Crippen LogP contribution in [0.5, 0.6) is 5.75 Å². The van der Waals surface area contributed by atoms with E-state index >= 15 is 0 Å². The number of nitrogens with zero attached hydrogens (tertiary/aromatic N) is 1. The second-order valence-corrected chi connectivity index (χ2v) is 5.42. The van der Waals surface area contributed by atoms with E-state index in [2.05, 4.69) is 49.9 Å². The first-order chi connectivity index (χ1) is 9.19. The first kappa shape index (κ1) is 14.4. The van der Waals surface area contributed by atoms with Crippen LogP contribution >= 0.6 is 0 Å². The first-order valence-electron chi connectivity index (χ1n) is 7.25. The van der Waals surface area contributed by atoms with Crippen molar-refractivity contribution in [3.05, 3.63) is 29.8 Å². The van der Waals surface area contributed by atoms with Crippen LogP contribution in [0.25, 0.3) is 0 Å². The minimum Gasteiger partial charge on any atom is -0.491 e. The summed E-state index contributed by atoms with van der Waals surface area (Å²) in [4.78, 5) is 2.40. The third-order valence-electron chi connectivity index (χ3n) is 3.65. The van der Waals surface area contributed by atoms with E-state index in [-0.39, 0.29) is 6.10 Å².